The Morgan fingerprint density at radius 1 is 0.906 bits per heavy atom. The summed E-state index contributed by atoms with van der Waals surface area (Å²) in [4.78, 5) is 35.6. The van der Waals surface area contributed by atoms with Crippen molar-refractivity contribution in [3.05, 3.63) is 93.5 Å². The van der Waals surface area contributed by atoms with Crippen LogP contribution >= 0.6 is 0 Å². The van der Waals surface area contributed by atoms with Crippen LogP contribution in [-0.4, -0.2) is 31.4 Å². The third-order valence-electron chi connectivity index (χ3n) is 4.49. The molecule has 9 nitrogen and oxygen atoms in total. The Morgan fingerprint density at radius 3 is 2.28 bits per heavy atom. The number of nitrogens with one attached hydrogen (secondary N) is 2. The Morgan fingerprint density at radius 2 is 1.62 bits per heavy atom. The number of sulfone groups is 1. The van der Waals surface area contributed by atoms with E-state index in [4.69, 9.17) is 0 Å². The Bertz CT molecular complexity index is 1330. The van der Waals surface area contributed by atoms with E-state index >= 15 is 0 Å². The number of para-hydroxylation sites is 1. The number of nitro groups is 1. The first kappa shape index (κ1) is 22.6. The van der Waals surface area contributed by atoms with Crippen LogP contribution in [-0.2, 0) is 9.84 Å². The maximum absolute atomic E-state index is 12.8. The lowest BCUT2D eigenvalue weighted by Crippen LogP contribution is -2.18. The van der Waals surface area contributed by atoms with Crippen molar-refractivity contribution in [2.45, 2.75) is 11.8 Å². The summed E-state index contributed by atoms with van der Waals surface area (Å²) in [6.07, 6.45) is 0.888. The van der Waals surface area contributed by atoms with Gasteiger partial charge in [0.1, 0.15) is 0 Å². The molecule has 0 unspecified atom stereocenters. The number of amides is 2. The van der Waals surface area contributed by atoms with Crippen LogP contribution in [0.3, 0.4) is 0 Å². The van der Waals surface area contributed by atoms with Crippen LogP contribution < -0.4 is 10.6 Å². The van der Waals surface area contributed by atoms with E-state index in [0.717, 1.165) is 30.0 Å². The van der Waals surface area contributed by atoms with Gasteiger partial charge in [0.15, 0.2) is 9.84 Å². The van der Waals surface area contributed by atoms with Gasteiger partial charge in [0.25, 0.3) is 17.5 Å². The third kappa shape index (κ3) is 5.35. The highest BCUT2D eigenvalue weighted by molar-refractivity contribution is 7.90. The lowest BCUT2D eigenvalue weighted by molar-refractivity contribution is -0.385. The lowest BCUT2D eigenvalue weighted by atomic mass is 10.1. The summed E-state index contributed by atoms with van der Waals surface area (Å²) < 4.78 is 23.7. The molecule has 2 N–H and O–H groups in total. The third-order valence-corrected chi connectivity index (χ3v) is 5.58. The van der Waals surface area contributed by atoms with Gasteiger partial charge in [0, 0.05) is 29.6 Å². The van der Waals surface area contributed by atoms with Crippen molar-refractivity contribution in [3.8, 4) is 0 Å². The van der Waals surface area contributed by atoms with E-state index < -0.39 is 32.3 Å². The van der Waals surface area contributed by atoms with Crippen molar-refractivity contribution in [3.63, 3.8) is 0 Å². The molecule has 0 saturated carbocycles. The summed E-state index contributed by atoms with van der Waals surface area (Å²) in [7, 11) is -3.80. The minimum Gasteiger partial charge on any atom is -0.322 e. The van der Waals surface area contributed by atoms with Crippen molar-refractivity contribution < 1.29 is 22.9 Å². The van der Waals surface area contributed by atoms with Crippen LogP contribution in [0.1, 0.15) is 26.3 Å². The molecule has 3 rings (SSSR count). The molecule has 0 aliphatic carbocycles. The number of nitrogens with zero attached hydrogens (tertiary/aromatic N) is 1. The van der Waals surface area contributed by atoms with E-state index in [9.17, 15) is 28.1 Å². The second kappa shape index (κ2) is 8.98. The molecule has 10 heteroatoms. The van der Waals surface area contributed by atoms with Gasteiger partial charge >= 0.3 is 0 Å². The average Bonchev–Trinajstić information content (AvgIpc) is 2.73. The first-order chi connectivity index (χ1) is 15.0. The minimum absolute atomic E-state index is 0.162. The quantitative estimate of drug-likeness (QED) is 0.430. The molecule has 0 spiro atoms. The fraction of sp³-hybridized carbons (Fsp3) is 0.0909. The molecular formula is C22H19N3O6S. The number of nitro benzene ring substituents is 1. The molecule has 0 aliphatic heterocycles. The summed E-state index contributed by atoms with van der Waals surface area (Å²) in [6.45, 7) is 1.88. The molecule has 0 saturated heterocycles. The molecule has 164 valence electrons. The Labute approximate surface area is 184 Å². The number of carbonyl (C=O) groups is 2. The summed E-state index contributed by atoms with van der Waals surface area (Å²) in [5, 5.41) is 16.5. The number of rotatable bonds is 6. The second-order valence-electron chi connectivity index (χ2n) is 7.07. The molecule has 3 aromatic carbocycles. The van der Waals surface area contributed by atoms with Crippen molar-refractivity contribution in [2.75, 3.05) is 16.9 Å². The van der Waals surface area contributed by atoms with E-state index in [-0.39, 0.29) is 21.7 Å². The van der Waals surface area contributed by atoms with Gasteiger partial charge in [-0.25, -0.2) is 8.42 Å². The summed E-state index contributed by atoms with van der Waals surface area (Å²) in [5.74, 6) is -1.27. The van der Waals surface area contributed by atoms with Crippen LogP contribution in [0.15, 0.2) is 71.6 Å². The first-order valence-corrected chi connectivity index (χ1v) is 11.2. The van der Waals surface area contributed by atoms with Crippen molar-refractivity contribution in [1.29, 1.82) is 0 Å². The maximum Gasteiger partial charge on any atom is 0.271 e. The van der Waals surface area contributed by atoms with Crippen LogP contribution in [0.2, 0.25) is 0 Å². The minimum atomic E-state index is -3.80. The fourth-order valence-electron chi connectivity index (χ4n) is 2.94. The van der Waals surface area contributed by atoms with Gasteiger partial charge < -0.3 is 10.6 Å². The van der Waals surface area contributed by atoms with Gasteiger partial charge in [0.05, 0.1) is 21.1 Å². The van der Waals surface area contributed by atoms with Gasteiger partial charge in [-0.2, -0.15) is 0 Å². The van der Waals surface area contributed by atoms with Gasteiger partial charge in [-0.05, 0) is 42.8 Å². The Hall–Kier alpha value is -4.05. The number of anilines is 2. The van der Waals surface area contributed by atoms with Crippen LogP contribution in [0.4, 0.5) is 17.1 Å². The lowest BCUT2D eigenvalue weighted by Gasteiger charge is -2.12. The molecule has 0 heterocycles. The van der Waals surface area contributed by atoms with Crippen LogP contribution in [0.5, 0.6) is 0 Å². The van der Waals surface area contributed by atoms with Gasteiger partial charge in [-0.1, -0.05) is 24.3 Å². The predicted octanol–water partition coefficient (Wildman–Crippen LogP) is 3.81. The maximum atomic E-state index is 12.8. The van der Waals surface area contributed by atoms with E-state index in [0.29, 0.717) is 5.69 Å². The molecular weight excluding hydrogens is 434 g/mol. The summed E-state index contributed by atoms with van der Waals surface area (Å²) >= 11 is 0. The Kier molecular flexibility index (Phi) is 6.35. The number of carbonyl (C=O) groups excluding carboxylic acids is 2. The highest BCUT2D eigenvalue weighted by Crippen LogP contribution is 2.23. The van der Waals surface area contributed by atoms with E-state index in [1.807, 2.05) is 13.0 Å². The van der Waals surface area contributed by atoms with Crippen LogP contribution in [0, 0.1) is 17.0 Å². The molecule has 2 amide bonds. The normalized spacial score (nSPS) is 10.9. The molecule has 3 aromatic rings. The molecule has 0 aromatic heterocycles. The van der Waals surface area contributed by atoms with Crippen molar-refractivity contribution in [2.24, 2.45) is 0 Å². The smallest absolute Gasteiger partial charge is 0.271 e. The second-order valence-corrected chi connectivity index (χ2v) is 9.08. The standard InChI is InChI=1S/C22H19N3O6S/c1-14-6-5-7-16(10-14)23-22(27)19-8-3-4-9-20(19)24-21(26)15-11-17(25(28)29)13-18(12-15)32(2,30)31/h3-13H,1-2H3,(H,23,27)(H,24,26). The molecule has 0 fully saturated rings. The molecule has 0 atom stereocenters. The highest BCUT2D eigenvalue weighted by atomic mass is 32.2. The van der Waals surface area contributed by atoms with Gasteiger partial charge in [-0.15, -0.1) is 0 Å². The molecule has 0 radical (unpaired) electrons. The largest absolute Gasteiger partial charge is 0.322 e. The topological polar surface area (TPSA) is 135 Å². The molecule has 0 bridgehead atoms. The molecule has 32 heavy (non-hydrogen) atoms. The molecule has 0 aliphatic rings. The van der Waals surface area contributed by atoms with E-state index in [2.05, 4.69) is 10.6 Å². The number of hydrogen-bond donors (Lipinski definition) is 2. The van der Waals surface area contributed by atoms with Crippen molar-refractivity contribution >= 4 is 38.7 Å². The number of benzene rings is 3. The van der Waals surface area contributed by atoms with E-state index in [1.165, 1.54) is 12.1 Å². The first-order valence-electron chi connectivity index (χ1n) is 9.32. The van der Waals surface area contributed by atoms with Crippen LogP contribution in [0.25, 0.3) is 0 Å². The van der Waals surface area contributed by atoms with Gasteiger partial charge in [-0.3, -0.25) is 19.7 Å². The van der Waals surface area contributed by atoms with Crippen molar-refractivity contribution in [1.82, 2.24) is 0 Å². The van der Waals surface area contributed by atoms with E-state index in [1.54, 1.807) is 30.3 Å². The SMILES string of the molecule is Cc1cccc(NC(=O)c2ccccc2NC(=O)c2cc([N+](=O)[O-])cc(S(C)(=O)=O)c2)c1. The summed E-state index contributed by atoms with van der Waals surface area (Å²) in [6, 6.07) is 16.3. The van der Waals surface area contributed by atoms with Gasteiger partial charge in [0.2, 0.25) is 0 Å². The monoisotopic (exact) mass is 453 g/mol. The summed E-state index contributed by atoms with van der Waals surface area (Å²) in [5.41, 5.74) is 1.09. The number of hydrogen-bond acceptors (Lipinski definition) is 6. The average molecular weight is 453 g/mol. The number of non-ortho nitro benzene ring substituents is 1. The predicted molar refractivity (Wildman–Crippen MR) is 120 cm³/mol. The zero-order valence-electron chi connectivity index (χ0n) is 17.2. The number of aryl methyl sites for hydroxylation is 1. The zero-order chi connectivity index (χ0) is 23.5. The Balaban J connectivity index is 1.92. The fourth-order valence-corrected chi connectivity index (χ4v) is 3.62. The highest BCUT2D eigenvalue weighted by Gasteiger charge is 2.20. The zero-order valence-corrected chi connectivity index (χ0v) is 18.0.